The fourth-order valence-electron chi connectivity index (χ4n) is 1.76. The smallest absolute Gasteiger partial charge is 0.262 e. The van der Waals surface area contributed by atoms with Gasteiger partial charge in [0.15, 0.2) is 5.76 Å². The molecule has 22 heavy (non-hydrogen) atoms. The van der Waals surface area contributed by atoms with Gasteiger partial charge in [-0.3, -0.25) is 10.1 Å². The maximum atomic E-state index is 12.2. The standard InChI is InChI=1S/C14H12BrCl3N2O2/c15-10-5-3-9(4-6-10)12(21)20-13(14(16,17)18)19-8-11-2-1-7-22-11/h1-7,13,19H,8H2,(H,20,21)/p+1. The summed E-state index contributed by atoms with van der Waals surface area (Å²) in [5, 5.41) is 4.40. The van der Waals surface area contributed by atoms with Gasteiger partial charge in [-0.25, -0.2) is 0 Å². The minimum atomic E-state index is -1.66. The summed E-state index contributed by atoms with van der Waals surface area (Å²) in [5.41, 5.74) is 0.480. The topological polar surface area (TPSA) is 58.9 Å². The van der Waals surface area contributed by atoms with Crippen molar-refractivity contribution >= 4 is 56.6 Å². The number of hydrogen-bond donors (Lipinski definition) is 2. The Morgan fingerprint density at radius 2 is 1.95 bits per heavy atom. The predicted molar refractivity (Wildman–Crippen MR) is 90.0 cm³/mol. The lowest BCUT2D eigenvalue weighted by molar-refractivity contribution is -0.708. The molecule has 1 aromatic carbocycles. The van der Waals surface area contributed by atoms with Crippen LogP contribution in [0.15, 0.2) is 51.6 Å². The number of nitrogens with two attached hydrogens (primary N) is 1. The van der Waals surface area contributed by atoms with Gasteiger partial charge in [0.25, 0.3) is 9.70 Å². The van der Waals surface area contributed by atoms with Crippen LogP contribution in [0.4, 0.5) is 0 Å². The number of carbonyl (C=O) groups is 1. The van der Waals surface area contributed by atoms with Crippen LogP contribution in [0.3, 0.4) is 0 Å². The third-order valence-electron chi connectivity index (χ3n) is 2.88. The second-order valence-corrected chi connectivity index (χ2v) is 7.80. The lowest BCUT2D eigenvalue weighted by Gasteiger charge is -2.23. The lowest BCUT2D eigenvalue weighted by atomic mass is 10.2. The van der Waals surface area contributed by atoms with Crippen LogP contribution in [0, 0.1) is 0 Å². The van der Waals surface area contributed by atoms with Crippen LogP contribution in [-0.4, -0.2) is 15.9 Å². The summed E-state index contributed by atoms with van der Waals surface area (Å²) < 4.78 is 4.45. The number of amides is 1. The van der Waals surface area contributed by atoms with Gasteiger partial charge in [0.2, 0.25) is 6.17 Å². The normalized spacial score (nSPS) is 12.9. The van der Waals surface area contributed by atoms with Crippen molar-refractivity contribution in [3.8, 4) is 0 Å². The van der Waals surface area contributed by atoms with Crippen LogP contribution in [0.25, 0.3) is 0 Å². The van der Waals surface area contributed by atoms with Gasteiger partial charge in [-0.2, -0.15) is 0 Å². The van der Waals surface area contributed by atoms with E-state index in [9.17, 15) is 4.79 Å². The van der Waals surface area contributed by atoms with Gasteiger partial charge in [-0.1, -0.05) is 50.7 Å². The molecule has 1 unspecified atom stereocenters. The Morgan fingerprint density at radius 1 is 1.27 bits per heavy atom. The van der Waals surface area contributed by atoms with Crippen molar-refractivity contribution in [2.24, 2.45) is 0 Å². The fourth-order valence-corrected chi connectivity index (χ4v) is 2.46. The molecule has 1 atom stereocenters. The Morgan fingerprint density at radius 3 is 2.50 bits per heavy atom. The minimum absolute atomic E-state index is 0.320. The average Bonchev–Trinajstić information content (AvgIpc) is 2.96. The maximum Gasteiger partial charge on any atom is 0.262 e. The van der Waals surface area contributed by atoms with Crippen molar-refractivity contribution in [2.45, 2.75) is 16.5 Å². The molecule has 8 heteroatoms. The first-order chi connectivity index (χ1) is 10.4. The number of quaternary nitrogens is 1. The van der Waals surface area contributed by atoms with Gasteiger partial charge < -0.3 is 9.73 Å². The number of benzene rings is 1. The molecule has 0 radical (unpaired) electrons. The molecule has 0 aliphatic heterocycles. The molecule has 2 aromatic rings. The number of alkyl halides is 3. The first-order valence-corrected chi connectivity index (χ1v) is 8.28. The Hall–Kier alpha value is -0.720. The number of hydrogen-bond acceptors (Lipinski definition) is 2. The summed E-state index contributed by atoms with van der Waals surface area (Å²) in [6.07, 6.45) is 0.812. The summed E-state index contributed by atoms with van der Waals surface area (Å²) in [5.74, 6) is 0.400. The molecule has 0 bridgehead atoms. The lowest BCUT2D eigenvalue weighted by Crippen LogP contribution is -2.95. The number of furan rings is 1. The molecular formula is C14H13BrCl3N2O2+. The van der Waals surface area contributed by atoms with Gasteiger partial charge in [0.1, 0.15) is 6.54 Å². The summed E-state index contributed by atoms with van der Waals surface area (Å²) in [6.45, 7) is 0.437. The highest BCUT2D eigenvalue weighted by Crippen LogP contribution is 2.27. The van der Waals surface area contributed by atoms with Crippen molar-refractivity contribution in [3.05, 3.63) is 58.5 Å². The summed E-state index contributed by atoms with van der Waals surface area (Å²) in [4.78, 5) is 12.2. The Balaban J connectivity index is 2.03. The van der Waals surface area contributed by atoms with Crippen molar-refractivity contribution in [1.82, 2.24) is 5.32 Å². The first-order valence-electron chi connectivity index (χ1n) is 6.35. The van der Waals surface area contributed by atoms with Gasteiger partial charge in [-0.15, -0.1) is 0 Å². The first kappa shape index (κ1) is 17.6. The molecule has 1 heterocycles. The van der Waals surface area contributed by atoms with E-state index >= 15 is 0 Å². The largest absolute Gasteiger partial charge is 0.463 e. The third-order valence-corrected chi connectivity index (χ3v) is 4.11. The average molecular weight is 428 g/mol. The molecule has 0 saturated carbocycles. The summed E-state index contributed by atoms with van der Waals surface area (Å²) >= 11 is 21.1. The molecular weight excluding hydrogens is 414 g/mol. The van der Waals surface area contributed by atoms with E-state index in [1.54, 1.807) is 41.9 Å². The number of carbonyl (C=O) groups excluding carboxylic acids is 1. The Labute approximate surface area is 151 Å². The molecule has 118 valence electrons. The summed E-state index contributed by atoms with van der Waals surface area (Å²) in [6, 6.07) is 10.5. The Kier molecular flexibility index (Phi) is 6.17. The Bertz CT molecular complexity index is 612. The van der Waals surface area contributed by atoms with E-state index in [-0.39, 0.29) is 5.91 Å². The van der Waals surface area contributed by atoms with Crippen molar-refractivity contribution < 1.29 is 14.5 Å². The molecule has 0 aliphatic rings. The van der Waals surface area contributed by atoms with Crippen molar-refractivity contribution in [1.29, 1.82) is 0 Å². The van der Waals surface area contributed by atoms with Gasteiger partial charge in [0.05, 0.1) is 6.26 Å². The van der Waals surface area contributed by atoms with Gasteiger partial charge >= 0.3 is 0 Å². The SMILES string of the molecule is O=C(NC([NH2+]Cc1ccco1)C(Cl)(Cl)Cl)c1ccc(Br)cc1. The van der Waals surface area contributed by atoms with Crippen LogP contribution < -0.4 is 10.6 Å². The zero-order chi connectivity index (χ0) is 16.2. The van der Waals surface area contributed by atoms with E-state index in [2.05, 4.69) is 21.2 Å². The zero-order valence-electron chi connectivity index (χ0n) is 11.2. The number of nitrogens with one attached hydrogen (secondary N) is 1. The van der Waals surface area contributed by atoms with Crippen LogP contribution in [0.5, 0.6) is 0 Å². The molecule has 3 N–H and O–H groups in total. The van der Waals surface area contributed by atoms with E-state index in [0.717, 1.165) is 10.2 Å². The fraction of sp³-hybridized carbons (Fsp3) is 0.214. The van der Waals surface area contributed by atoms with Gasteiger partial charge in [-0.05, 0) is 36.4 Å². The quantitative estimate of drug-likeness (QED) is 0.569. The number of halogens is 4. The molecule has 2 rings (SSSR count). The van der Waals surface area contributed by atoms with Crippen LogP contribution >= 0.6 is 50.7 Å². The maximum absolute atomic E-state index is 12.2. The van der Waals surface area contributed by atoms with E-state index in [4.69, 9.17) is 39.2 Å². The van der Waals surface area contributed by atoms with E-state index in [0.29, 0.717) is 12.1 Å². The van der Waals surface area contributed by atoms with Gasteiger partial charge in [0, 0.05) is 10.0 Å². The van der Waals surface area contributed by atoms with Crippen LogP contribution in [0.2, 0.25) is 0 Å². The van der Waals surface area contributed by atoms with E-state index in [1.165, 1.54) is 0 Å². The highest BCUT2D eigenvalue weighted by Gasteiger charge is 2.37. The zero-order valence-corrected chi connectivity index (χ0v) is 15.1. The molecule has 0 saturated heterocycles. The van der Waals surface area contributed by atoms with Crippen LogP contribution in [-0.2, 0) is 6.54 Å². The van der Waals surface area contributed by atoms with Crippen molar-refractivity contribution in [2.75, 3.05) is 0 Å². The third kappa shape index (κ3) is 5.18. The number of rotatable bonds is 5. The monoisotopic (exact) mass is 425 g/mol. The van der Waals surface area contributed by atoms with E-state index in [1.807, 2.05) is 6.07 Å². The summed E-state index contributed by atoms with van der Waals surface area (Å²) in [7, 11) is 0. The van der Waals surface area contributed by atoms with Crippen LogP contribution in [0.1, 0.15) is 16.1 Å². The highest BCUT2D eigenvalue weighted by molar-refractivity contribution is 9.10. The van der Waals surface area contributed by atoms with E-state index < -0.39 is 9.96 Å². The molecule has 4 nitrogen and oxygen atoms in total. The molecule has 1 aromatic heterocycles. The molecule has 0 fully saturated rings. The molecule has 0 aliphatic carbocycles. The molecule has 0 spiro atoms. The second kappa shape index (κ2) is 7.70. The molecule has 1 amide bonds. The highest BCUT2D eigenvalue weighted by atomic mass is 79.9. The predicted octanol–water partition coefficient (Wildman–Crippen LogP) is 3.23. The second-order valence-electron chi connectivity index (χ2n) is 4.52. The minimum Gasteiger partial charge on any atom is -0.463 e. The van der Waals surface area contributed by atoms with Crippen molar-refractivity contribution in [3.63, 3.8) is 0 Å².